The van der Waals surface area contributed by atoms with E-state index in [0.717, 1.165) is 11.8 Å². The van der Waals surface area contributed by atoms with E-state index in [2.05, 4.69) is 0 Å². The number of rotatable bonds is 5. The lowest BCUT2D eigenvalue weighted by Gasteiger charge is -2.34. The monoisotopic (exact) mass is 433 g/mol. The van der Waals surface area contributed by atoms with Crippen LogP contribution in [0.1, 0.15) is 5.56 Å². The molecule has 1 atom stereocenters. The zero-order valence-corrected chi connectivity index (χ0v) is 16.9. The van der Waals surface area contributed by atoms with Gasteiger partial charge in [-0.25, -0.2) is 4.79 Å². The Morgan fingerprint density at radius 3 is 2.57 bits per heavy atom. The van der Waals surface area contributed by atoms with Crippen LogP contribution in [-0.2, 0) is 37.0 Å². The highest BCUT2D eigenvalue weighted by molar-refractivity contribution is 7.85. The van der Waals surface area contributed by atoms with Gasteiger partial charge in [-0.15, -0.1) is 0 Å². The van der Waals surface area contributed by atoms with E-state index in [-0.39, 0.29) is 37.7 Å². The molecule has 0 fully saturated rings. The van der Waals surface area contributed by atoms with Crippen LogP contribution in [0.4, 0.5) is 16.3 Å². The molecular formula is C19H19N3O7S. The average Bonchev–Trinajstić information content (AvgIpc) is 3.10. The lowest BCUT2D eigenvalue weighted by Crippen LogP contribution is -2.51. The molecule has 2 aromatic rings. The molecule has 1 aromatic carbocycles. The molecule has 2 aliphatic heterocycles. The Labute approximate surface area is 172 Å². The van der Waals surface area contributed by atoms with E-state index in [1.54, 1.807) is 0 Å². The third-order valence-electron chi connectivity index (χ3n) is 4.87. The molecule has 2 amide bonds. The molecule has 1 aromatic heterocycles. The van der Waals surface area contributed by atoms with Crippen LogP contribution in [-0.4, -0.2) is 50.4 Å². The molecule has 4 rings (SSSR count). The van der Waals surface area contributed by atoms with Gasteiger partial charge in [0.05, 0.1) is 31.1 Å². The molecule has 0 saturated heterocycles. The number of hydrogen-bond donors (Lipinski definition) is 0. The number of carbonyl (C=O) groups is 2. The Morgan fingerprint density at radius 1 is 1.13 bits per heavy atom. The molecule has 0 saturated carbocycles. The molecule has 2 aliphatic rings. The van der Waals surface area contributed by atoms with E-state index in [1.807, 2.05) is 30.3 Å². The second kappa shape index (κ2) is 7.58. The van der Waals surface area contributed by atoms with Gasteiger partial charge >= 0.3 is 6.09 Å². The van der Waals surface area contributed by atoms with Crippen molar-refractivity contribution in [2.45, 2.75) is 19.2 Å². The summed E-state index contributed by atoms with van der Waals surface area (Å²) in [5.41, 5.74) is 0.769. The van der Waals surface area contributed by atoms with Crippen molar-refractivity contribution in [1.82, 2.24) is 4.57 Å². The Morgan fingerprint density at radius 2 is 1.87 bits per heavy atom. The molecular weight excluding hydrogens is 414 g/mol. The van der Waals surface area contributed by atoms with Gasteiger partial charge in [0.1, 0.15) is 19.0 Å². The van der Waals surface area contributed by atoms with E-state index in [0.29, 0.717) is 5.69 Å². The quantitative estimate of drug-likeness (QED) is 0.638. The van der Waals surface area contributed by atoms with Crippen molar-refractivity contribution in [3.63, 3.8) is 0 Å². The number of carbonyl (C=O) groups excluding carboxylic acids is 2. The first-order chi connectivity index (χ1) is 14.2. The minimum Gasteiger partial charge on any atom is -0.444 e. The number of hydrogen-bond acceptors (Lipinski definition) is 7. The number of anilines is 2. The van der Waals surface area contributed by atoms with Crippen LogP contribution in [0.5, 0.6) is 0 Å². The second-order valence-corrected chi connectivity index (χ2v) is 8.67. The maximum atomic E-state index is 12.8. The zero-order chi connectivity index (χ0) is 21.5. The maximum Gasteiger partial charge on any atom is 0.415 e. The predicted molar refractivity (Wildman–Crippen MR) is 107 cm³/mol. The van der Waals surface area contributed by atoms with E-state index in [9.17, 15) is 22.8 Å². The predicted octanol–water partition coefficient (Wildman–Crippen LogP) is 0.696. The molecule has 30 heavy (non-hydrogen) atoms. The van der Waals surface area contributed by atoms with E-state index in [1.165, 1.54) is 26.5 Å². The number of aromatic nitrogens is 1. The van der Waals surface area contributed by atoms with Crippen LogP contribution >= 0.6 is 0 Å². The number of ether oxygens (including phenoxy) is 1. The third kappa shape index (κ3) is 3.81. The van der Waals surface area contributed by atoms with Gasteiger partial charge in [-0.1, -0.05) is 30.3 Å². The summed E-state index contributed by atoms with van der Waals surface area (Å²) in [5.74, 6) is -0.226. The van der Waals surface area contributed by atoms with Crippen LogP contribution in [0, 0.1) is 0 Å². The first kappa shape index (κ1) is 20.1. The molecule has 1 unspecified atom stereocenters. The van der Waals surface area contributed by atoms with Crippen LogP contribution in [0.3, 0.4) is 0 Å². The Kier molecular flexibility index (Phi) is 5.08. The van der Waals surface area contributed by atoms with Crippen molar-refractivity contribution in [1.29, 1.82) is 0 Å². The van der Waals surface area contributed by atoms with Gasteiger partial charge < -0.3 is 4.74 Å². The van der Waals surface area contributed by atoms with Crippen molar-refractivity contribution in [2.24, 2.45) is 0 Å². The van der Waals surface area contributed by atoms with Crippen LogP contribution < -0.4 is 15.4 Å². The normalized spacial score (nSPS) is 17.8. The fraction of sp³-hybridized carbons (Fsp3) is 0.316. The highest BCUT2D eigenvalue weighted by Crippen LogP contribution is 2.38. The highest BCUT2D eigenvalue weighted by Gasteiger charge is 2.43. The van der Waals surface area contributed by atoms with Crippen molar-refractivity contribution in [3.05, 3.63) is 58.4 Å². The summed E-state index contributed by atoms with van der Waals surface area (Å²) in [5, 5.41) is 0. The largest absolute Gasteiger partial charge is 0.444 e. The van der Waals surface area contributed by atoms with Crippen molar-refractivity contribution < 1.29 is 26.9 Å². The summed E-state index contributed by atoms with van der Waals surface area (Å²) >= 11 is 0. The first-order valence-electron chi connectivity index (χ1n) is 9.13. The molecule has 0 radical (unpaired) electrons. The smallest absolute Gasteiger partial charge is 0.415 e. The molecule has 0 bridgehead atoms. The number of benzene rings is 1. The maximum absolute atomic E-state index is 12.8. The standard InChI is InChI=1S/C19H19N3O7S/c1-30(26,27)29-12-14-9-21-16(23)8-7-15-18(21)22(14)17(24)10-20(15)19(25)28-11-13-5-3-2-4-6-13/h2-8,14H,9-12H2,1H3. The van der Waals surface area contributed by atoms with Crippen molar-refractivity contribution in [2.75, 3.05) is 29.2 Å². The Hall–Kier alpha value is -3.18. The zero-order valence-electron chi connectivity index (χ0n) is 16.1. The summed E-state index contributed by atoms with van der Waals surface area (Å²) in [6.45, 7) is -0.484. The number of pyridine rings is 1. The second-order valence-electron chi connectivity index (χ2n) is 7.02. The summed E-state index contributed by atoms with van der Waals surface area (Å²) in [7, 11) is -3.72. The lowest BCUT2D eigenvalue weighted by molar-refractivity contribution is -0.118. The third-order valence-corrected chi connectivity index (χ3v) is 5.44. The van der Waals surface area contributed by atoms with E-state index < -0.39 is 28.2 Å². The van der Waals surface area contributed by atoms with Crippen LogP contribution in [0.2, 0.25) is 0 Å². The minimum absolute atomic E-state index is 0.0356. The molecule has 0 aliphatic carbocycles. The van der Waals surface area contributed by atoms with Crippen molar-refractivity contribution >= 4 is 33.6 Å². The molecule has 158 valence electrons. The summed E-state index contributed by atoms with van der Waals surface area (Å²) in [6, 6.07) is 11.2. The molecule has 11 heteroatoms. The van der Waals surface area contributed by atoms with Gasteiger partial charge in [0.2, 0.25) is 5.91 Å². The van der Waals surface area contributed by atoms with Gasteiger partial charge in [-0.05, 0) is 11.6 Å². The van der Waals surface area contributed by atoms with Gasteiger partial charge in [0, 0.05) is 6.07 Å². The van der Waals surface area contributed by atoms with Crippen LogP contribution in [0.25, 0.3) is 0 Å². The highest BCUT2D eigenvalue weighted by atomic mass is 32.2. The number of amides is 2. The van der Waals surface area contributed by atoms with Gasteiger partial charge in [0.15, 0.2) is 0 Å². The van der Waals surface area contributed by atoms with Gasteiger partial charge in [-0.3, -0.25) is 28.1 Å². The minimum atomic E-state index is -3.72. The molecule has 0 spiro atoms. The van der Waals surface area contributed by atoms with Gasteiger partial charge in [0.25, 0.3) is 15.7 Å². The van der Waals surface area contributed by atoms with E-state index >= 15 is 0 Å². The summed E-state index contributed by atoms with van der Waals surface area (Å²) in [4.78, 5) is 40.3. The molecule has 0 N–H and O–H groups in total. The fourth-order valence-electron chi connectivity index (χ4n) is 3.57. The summed E-state index contributed by atoms with van der Waals surface area (Å²) in [6.07, 6.45) is 0.194. The Bertz CT molecular complexity index is 1160. The SMILES string of the molecule is CS(=O)(=O)OCC1Cn2c3c(ccc2=O)N(C(=O)OCc2ccccc2)CC(=O)N31. The Balaban J connectivity index is 1.61. The molecule has 3 heterocycles. The van der Waals surface area contributed by atoms with Gasteiger partial charge in [-0.2, -0.15) is 8.42 Å². The fourth-order valence-corrected chi connectivity index (χ4v) is 3.98. The number of nitrogens with zero attached hydrogens (tertiary/aromatic N) is 3. The summed E-state index contributed by atoms with van der Waals surface area (Å²) < 4.78 is 34.2. The van der Waals surface area contributed by atoms with Crippen molar-refractivity contribution in [3.8, 4) is 0 Å². The van der Waals surface area contributed by atoms with E-state index in [4.69, 9.17) is 8.92 Å². The lowest BCUT2D eigenvalue weighted by atomic mass is 10.2. The average molecular weight is 433 g/mol. The first-order valence-corrected chi connectivity index (χ1v) is 10.9. The molecule has 10 nitrogen and oxygen atoms in total. The topological polar surface area (TPSA) is 115 Å². The van der Waals surface area contributed by atoms with Crippen LogP contribution in [0.15, 0.2) is 47.3 Å².